The van der Waals surface area contributed by atoms with Crippen LogP contribution in [0.1, 0.15) is 13.8 Å². The van der Waals surface area contributed by atoms with Gasteiger partial charge in [-0.3, -0.25) is 14.8 Å². The maximum Gasteiger partial charge on any atom is 0.119 e. The summed E-state index contributed by atoms with van der Waals surface area (Å²) < 4.78 is 5.40. The molecule has 1 aromatic carbocycles. The van der Waals surface area contributed by atoms with Gasteiger partial charge >= 0.3 is 0 Å². The van der Waals surface area contributed by atoms with Gasteiger partial charge in [0.05, 0.1) is 12.6 Å². The van der Waals surface area contributed by atoms with Crippen LogP contribution in [0.5, 0.6) is 5.75 Å². The Bertz CT molecular complexity index is 734. The number of rotatable bonds is 4. The maximum absolute atomic E-state index is 5.40. The van der Waals surface area contributed by atoms with Gasteiger partial charge in [-0.2, -0.15) is 0 Å². The fourth-order valence-corrected chi connectivity index (χ4v) is 4.02. The summed E-state index contributed by atoms with van der Waals surface area (Å²) in [5.41, 5.74) is 2.31. The van der Waals surface area contributed by atoms with Crippen LogP contribution in [-0.2, 0) is 0 Å². The number of hydrogen-bond donors (Lipinski definition) is 0. The number of nitrogens with zero attached hydrogens (tertiary/aromatic N) is 4. The number of piperazine rings is 1. The van der Waals surface area contributed by atoms with Crippen LogP contribution in [0.4, 0.5) is 5.69 Å². The second-order valence-corrected chi connectivity index (χ2v) is 7.44. The number of methoxy groups -OCH3 is 1. The lowest BCUT2D eigenvalue weighted by atomic mass is 10.0. The van der Waals surface area contributed by atoms with Crippen LogP contribution in [-0.4, -0.2) is 73.2 Å². The Morgan fingerprint density at radius 1 is 1.08 bits per heavy atom. The van der Waals surface area contributed by atoms with E-state index >= 15 is 0 Å². The minimum atomic E-state index is 0.665. The molecule has 0 bridgehead atoms. The van der Waals surface area contributed by atoms with Crippen molar-refractivity contribution in [2.45, 2.75) is 25.9 Å². The number of anilines is 1. The zero-order valence-electron chi connectivity index (χ0n) is 15.5. The van der Waals surface area contributed by atoms with Gasteiger partial charge in [-0.1, -0.05) is 0 Å². The van der Waals surface area contributed by atoms with Crippen LogP contribution in [0.2, 0.25) is 0 Å². The molecule has 4 rings (SSSR count). The van der Waals surface area contributed by atoms with E-state index in [1.165, 1.54) is 37.3 Å². The molecule has 0 aliphatic carbocycles. The number of hydrogen-bond acceptors (Lipinski definition) is 5. The minimum absolute atomic E-state index is 0.665. The Morgan fingerprint density at radius 2 is 1.84 bits per heavy atom. The SMILES string of the molecule is COc1ccc2nccc(N3CC(N4CCN(C(C)C)CC4)C3)c2c1. The van der Waals surface area contributed by atoms with Gasteiger partial charge < -0.3 is 9.64 Å². The van der Waals surface area contributed by atoms with Gasteiger partial charge in [0.15, 0.2) is 0 Å². The molecule has 0 atom stereocenters. The third-order valence-corrected chi connectivity index (χ3v) is 5.72. The Balaban J connectivity index is 1.43. The first kappa shape index (κ1) is 16.6. The average Bonchev–Trinajstić information content (AvgIpc) is 2.60. The molecule has 5 heteroatoms. The highest BCUT2D eigenvalue weighted by molar-refractivity contribution is 5.93. The summed E-state index contributed by atoms with van der Waals surface area (Å²) in [6.07, 6.45) is 1.92. The molecule has 1 aromatic heterocycles. The molecule has 2 fully saturated rings. The summed E-state index contributed by atoms with van der Waals surface area (Å²) in [7, 11) is 1.72. The highest BCUT2D eigenvalue weighted by atomic mass is 16.5. The molecule has 0 amide bonds. The number of aromatic nitrogens is 1. The Kier molecular flexibility index (Phi) is 4.52. The van der Waals surface area contributed by atoms with Crippen LogP contribution in [0.25, 0.3) is 10.9 Å². The molecule has 3 heterocycles. The Morgan fingerprint density at radius 3 is 2.52 bits per heavy atom. The van der Waals surface area contributed by atoms with E-state index < -0.39 is 0 Å². The van der Waals surface area contributed by atoms with Gasteiger partial charge in [0.1, 0.15) is 5.75 Å². The van der Waals surface area contributed by atoms with Gasteiger partial charge in [0.2, 0.25) is 0 Å². The zero-order valence-corrected chi connectivity index (χ0v) is 15.5. The normalized spacial score (nSPS) is 20.2. The standard InChI is InChI=1S/C20H28N4O/c1-15(2)22-8-10-23(11-9-22)16-13-24(14-16)20-6-7-21-19-5-4-17(25-3)12-18(19)20/h4-7,12,15-16H,8-11,13-14H2,1-3H3. The lowest BCUT2D eigenvalue weighted by molar-refractivity contribution is 0.0679. The van der Waals surface area contributed by atoms with Crippen molar-refractivity contribution in [2.24, 2.45) is 0 Å². The van der Waals surface area contributed by atoms with Crippen LogP contribution >= 0.6 is 0 Å². The smallest absolute Gasteiger partial charge is 0.119 e. The monoisotopic (exact) mass is 340 g/mol. The first-order valence-corrected chi connectivity index (χ1v) is 9.31. The topological polar surface area (TPSA) is 31.8 Å². The summed E-state index contributed by atoms with van der Waals surface area (Å²) in [6.45, 7) is 11.6. The van der Waals surface area contributed by atoms with Crippen molar-refractivity contribution < 1.29 is 4.74 Å². The van der Waals surface area contributed by atoms with Crippen LogP contribution in [0.3, 0.4) is 0 Å². The average molecular weight is 340 g/mol. The lowest BCUT2D eigenvalue weighted by Gasteiger charge is -2.49. The van der Waals surface area contributed by atoms with E-state index in [-0.39, 0.29) is 0 Å². The molecule has 5 nitrogen and oxygen atoms in total. The Labute approximate surface area is 150 Å². The molecule has 2 aromatic rings. The van der Waals surface area contributed by atoms with E-state index in [2.05, 4.69) is 45.7 Å². The number of ether oxygens (including phenoxy) is 1. The highest BCUT2D eigenvalue weighted by Crippen LogP contribution is 2.32. The minimum Gasteiger partial charge on any atom is -0.497 e. The molecule has 0 radical (unpaired) electrons. The quantitative estimate of drug-likeness (QED) is 0.854. The van der Waals surface area contributed by atoms with Crippen LogP contribution < -0.4 is 9.64 Å². The van der Waals surface area contributed by atoms with E-state index in [9.17, 15) is 0 Å². The summed E-state index contributed by atoms with van der Waals surface area (Å²) in [5.74, 6) is 0.892. The fraction of sp³-hybridized carbons (Fsp3) is 0.550. The predicted octanol–water partition coefficient (Wildman–Crippen LogP) is 2.46. The van der Waals surface area contributed by atoms with Crippen molar-refractivity contribution in [1.82, 2.24) is 14.8 Å². The third-order valence-electron chi connectivity index (χ3n) is 5.72. The highest BCUT2D eigenvalue weighted by Gasteiger charge is 2.34. The van der Waals surface area contributed by atoms with E-state index in [1.54, 1.807) is 7.11 Å². The molecule has 2 aliphatic heterocycles. The second kappa shape index (κ2) is 6.81. The maximum atomic E-state index is 5.40. The number of pyridine rings is 1. The van der Waals surface area contributed by atoms with Gasteiger partial charge in [-0.05, 0) is 38.1 Å². The fourth-order valence-electron chi connectivity index (χ4n) is 4.02. The van der Waals surface area contributed by atoms with E-state index in [0.29, 0.717) is 12.1 Å². The van der Waals surface area contributed by atoms with Gasteiger partial charge in [-0.25, -0.2) is 0 Å². The van der Waals surface area contributed by atoms with Crippen molar-refractivity contribution in [1.29, 1.82) is 0 Å². The molecule has 25 heavy (non-hydrogen) atoms. The summed E-state index contributed by atoms with van der Waals surface area (Å²) >= 11 is 0. The van der Waals surface area contributed by atoms with Gasteiger partial charge in [0.25, 0.3) is 0 Å². The first-order chi connectivity index (χ1) is 12.2. The van der Waals surface area contributed by atoms with Crippen LogP contribution in [0, 0.1) is 0 Å². The third kappa shape index (κ3) is 3.18. The van der Waals surface area contributed by atoms with Crippen molar-refractivity contribution in [2.75, 3.05) is 51.3 Å². The molecule has 0 unspecified atom stereocenters. The first-order valence-electron chi connectivity index (χ1n) is 9.31. The molecular formula is C20H28N4O. The van der Waals surface area contributed by atoms with Crippen molar-refractivity contribution >= 4 is 16.6 Å². The molecule has 2 saturated heterocycles. The molecule has 0 spiro atoms. The summed E-state index contributed by atoms with van der Waals surface area (Å²) in [5, 5.41) is 1.19. The number of fused-ring (bicyclic) bond motifs is 1. The predicted molar refractivity (Wildman–Crippen MR) is 103 cm³/mol. The summed E-state index contributed by atoms with van der Waals surface area (Å²) in [6, 6.07) is 9.61. The second-order valence-electron chi connectivity index (χ2n) is 7.44. The zero-order chi connectivity index (χ0) is 17.4. The largest absolute Gasteiger partial charge is 0.497 e. The Hall–Kier alpha value is -1.85. The molecule has 0 N–H and O–H groups in total. The van der Waals surface area contributed by atoms with E-state index in [0.717, 1.165) is 24.4 Å². The van der Waals surface area contributed by atoms with Crippen molar-refractivity contribution in [3.63, 3.8) is 0 Å². The van der Waals surface area contributed by atoms with Crippen molar-refractivity contribution in [3.05, 3.63) is 30.5 Å². The molecule has 2 aliphatic rings. The van der Waals surface area contributed by atoms with Gasteiger partial charge in [0, 0.05) is 68.6 Å². The lowest BCUT2D eigenvalue weighted by Crippen LogP contribution is -2.63. The number of benzene rings is 1. The molecule has 0 saturated carbocycles. The summed E-state index contributed by atoms with van der Waals surface area (Å²) in [4.78, 5) is 12.2. The van der Waals surface area contributed by atoms with E-state index in [1.807, 2.05) is 18.3 Å². The van der Waals surface area contributed by atoms with Crippen LogP contribution in [0.15, 0.2) is 30.5 Å². The molecule has 134 valence electrons. The van der Waals surface area contributed by atoms with Crippen molar-refractivity contribution in [3.8, 4) is 5.75 Å². The molecular weight excluding hydrogens is 312 g/mol. The van der Waals surface area contributed by atoms with Gasteiger partial charge in [-0.15, -0.1) is 0 Å². The van der Waals surface area contributed by atoms with E-state index in [4.69, 9.17) is 4.74 Å².